The van der Waals surface area contributed by atoms with Crippen molar-refractivity contribution in [2.75, 3.05) is 0 Å². The zero-order valence-electron chi connectivity index (χ0n) is 20.6. The topological polar surface area (TPSA) is 74.7 Å². The summed E-state index contributed by atoms with van der Waals surface area (Å²) >= 11 is 12.5. The standard InChI is InChI=1S/C28H33Cl2NO4/c1-5-23(24(32)13-17(2)3)31-26(18-9-11-20(29)12-10-18)22(19-7-6-8-21(30)14-19)15-28(4,27(31)35)16-25(33)34/h6-12,14,17,22-23,26H,5,13,15-16H2,1-4H3,(H,33,34)/t22-,23?,26+,28+/m0/s1. The number of hydrogen-bond donors (Lipinski definition) is 1. The van der Waals surface area contributed by atoms with Crippen molar-refractivity contribution in [2.24, 2.45) is 11.3 Å². The van der Waals surface area contributed by atoms with Gasteiger partial charge < -0.3 is 10.0 Å². The van der Waals surface area contributed by atoms with Crippen LogP contribution < -0.4 is 0 Å². The minimum absolute atomic E-state index is 0.0146. The van der Waals surface area contributed by atoms with Crippen molar-refractivity contribution in [2.45, 2.75) is 71.4 Å². The molecule has 1 saturated heterocycles. The van der Waals surface area contributed by atoms with Crippen LogP contribution in [0, 0.1) is 11.3 Å². The van der Waals surface area contributed by atoms with E-state index in [-0.39, 0.29) is 29.9 Å². The Balaban J connectivity index is 2.25. The summed E-state index contributed by atoms with van der Waals surface area (Å²) in [6.07, 6.45) is 0.776. The normalized spacial score (nSPS) is 23.4. The molecule has 0 radical (unpaired) electrons. The van der Waals surface area contributed by atoms with Crippen molar-refractivity contribution in [3.05, 3.63) is 69.7 Å². The third-order valence-corrected chi connectivity index (χ3v) is 7.32. The van der Waals surface area contributed by atoms with Crippen molar-refractivity contribution >= 4 is 40.9 Å². The average molecular weight is 518 g/mol. The van der Waals surface area contributed by atoms with E-state index in [1.165, 1.54) is 0 Å². The fourth-order valence-corrected chi connectivity index (χ4v) is 5.67. The number of rotatable bonds is 9. The number of nitrogens with zero attached hydrogens (tertiary/aromatic N) is 1. The lowest BCUT2D eigenvalue weighted by molar-refractivity contribution is -0.162. The second-order valence-corrected chi connectivity index (χ2v) is 11.1. The number of likely N-dealkylation sites (tertiary alicyclic amines) is 1. The second-order valence-electron chi connectivity index (χ2n) is 10.2. The highest BCUT2D eigenvalue weighted by atomic mass is 35.5. The molecule has 0 aromatic heterocycles. The summed E-state index contributed by atoms with van der Waals surface area (Å²) in [5, 5.41) is 10.8. The number of carboxylic acids is 1. The maximum Gasteiger partial charge on any atom is 0.304 e. The Morgan fingerprint density at radius 2 is 1.74 bits per heavy atom. The first kappa shape index (κ1) is 27.2. The molecule has 0 saturated carbocycles. The van der Waals surface area contributed by atoms with Gasteiger partial charge in [-0.25, -0.2) is 0 Å². The Labute approximate surface area is 217 Å². The van der Waals surface area contributed by atoms with Crippen molar-refractivity contribution in [1.82, 2.24) is 4.90 Å². The highest BCUT2D eigenvalue weighted by Crippen LogP contribution is 2.52. The molecule has 2 aromatic rings. The SMILES string of the molecule is CCC(C(=O)CC(C)C)N1C(=O)[C@@](C)(CC(=O)O)C[C@@H](c2cccc(Cl)c2)[C@H]1c1ccc(Cl)cc1. The Morgan fingerprint density at radius 1 is 1.09 bits per heavy atom. The maximum atomic E-state index is 14.1. The zero-order valence-corrected chi connectivity index (χ0v) is 22.1. The van der Waals surface area contributed by atoms with Crippen LogP contribution in [0.1, 0.15) is 76.5 Å². The maximum absolute atomic E-state index is 14.1. The van der Waals surface area contributed by atoms with Crippen LogP contribution >= 0.6 is 23.2 Å². The first-order valence-electron chi connectivity index (χ1n) is 12.0. The van der Waals surface area contributed by atoms with E-state index >= 15 is 0 Å². The van der Waals surface area contributed by atoms with Gasteiger partial charge in [0.25, 0.3) is 0 Å². The van der Waals surface area contributed by atoms with Crippen LogP contribution in [0.2, 0.25) is 10.0 Å². The lowest BCUT2D eigenvalue weighted by Crippen LogP contribution is -2.58. The number of amides is 1. The molecule has 1 fully saturated rings. The third kappa shape index (κ3) is 6.07. The van der Waals surface area contributed by atoms with Gasteiger partial charge in [0.1, 0.15) is 0 Å². The van der Waals surface area contributed by atoms with Gasteiger partial charge in [-0.15, -0.1) is 0 Å². The average Bonchev–Trinajstić information content (AvgIpc) is 2.77. The van der Waals surface area contributed by atoms with Crippen LogP contribution in [0.3, 0.4) is 0 Å². The number of benzene rings is 2. The zero-order chi connectivity index (χ0) is 25.9. The lowest BCUT2D eigenvalue weighted by Gasteiger charge is -2.51. The minimum Gasteiger partial charge on any atom is -0.481 e. The van der Waals surface area contributed by atoms with Gasteiger partial charge in [0, 0.05) is 22.4 Å². The quantitative estimate of drug-likeness (QED) is 0.391. The van der Waals surface area contributed by atoms with Crippen LogP contribution in [-0.2, 0) is 14.4 Å². The van der Waals surface area contributed by atoms with E-state index in [0.29, 0.717) is 29.3 Å². The summed E-state index contributed by atoms with van der Waals surface area (Å²) in [5.41, 5.74) is 0.575. The molecule has 7 heteroatoms. The van der Waals surface area contributed by atoms with Crippen LogP contribution in [0.15, 0.2) is 48.5 Å². The summed E-state index contributed by atoms with van der Waals surface area (Å²) in [7, 11) is 0. The monoisotopic (exact) mass is 517 g/mol. The molecule has 2 aromatic carbocycles. The van der Waals surface area contributed by atoms with Crippen molar-refractivity contribution in [3.8, 4) is 0 Å². The molecular weight excluding hydrogens is 485 g/mol. The Kier molecular flexibility index (Phi) is 8.66. The van der Waals surface area contributed by atoms with E-state index in [1.54, 1.807) is 30.0 Å². The molecular formula is C28H33Cl2NO4. The number of aliphatic carboxylic acids is 1. The van der Waals surface area contributed by atoms with Crippen molar-refractivity contribution in [3.63, 3.8) is 0 Å². The highest BCUT2D eigenvalue weighted by molar-refractivity contribution is 6.30. The van der Waals surface area contributed by atoms with E-state index in [0.717, 1.165) is 11.1 Å². The van der Waals surface area contributed by atoms with Crippen LogP contribution in [0.25, 0.3) is 0 Å². The molecule has 0 aliphatic carbocycles. The molecule has 188 valence electrons. The molecule has 1 aliphatic rings. The molecule has 35 heavy (non-hydrogen) atoms. The summed E-state index contributed by atoms with van der Waals surface area (Å²) in [4.78, 5) is 41.1. The number of ketones is 1. The van der Waals surface area contributed by atoms with Gasteiger partial charge in [0.2, 0.25) is 5.91 Å². The Bertz CT molecular complexity index is 1080. The molecule has 1 aliphatic heterocycles. The molecule has 0 bridgehead atoms. The predicted molar refractivity (Wildman–Crippen MR) is 139 cm³/mol. The van der Waals surface area contributed by atoms with E-state index in [9.17, 15) is 19.5 Å². The number of hydrogen-bond acceptors (Lipinski definition) is 3. The molecule has 0 spiro atoms. The largest absolute Gasteiger partial charge is 0.481 e. The summed E-state index contributed by atoms with van der Waals surface area (Å²) < 4.78 is 0. The lowest BCUT2D eigenvalue weighted by atomic mass is 9.66. The minimum atomic E-state index is -1.17. The van der Waals surface area contributed by atoms with Gasteiger partial charge >= 0.3 is 5.97 Å². The molecule has 1 N–H and O–H groups in total. The molecule has 3 rings (SSSR count). The first-order chi connectivity index (χ1) is 16.5. The molecule has 4 atom stereocenters. The third-order valence-electron chi connectivity index (χ3n) is 6.84. The number of carbonyl (C=O) groups excluding carboxylic acids is 2. The number of halogens is 2. The Morgan fingerprint density at radius 3 is 2.29 bits per heavy atom. The molecule has 1 heterocycles. The predicted octanol–water partition coefficient (Wildman–Crippen LogP) is 6.93. The van der Waals surface area contributed by atoms with Crippen molar-refractivity contribution < 1.29 is 19.5 Å². The van der Waals surface area contributed by atoms with Gasteiger partial charge in [-0.05, 0) is 54.2 Å². The smallest absolute Gasteiger partial charge is 0.304 e. The van der Waals surface area contributed by atoms with Gasteiger partial charge in [-0.3, -0.25) is 14.4 Å². The van der Waals surface area contributed by atoms with E-state index in [1.807, 2.05) is 51.1 Å². The fraction of sp³-hybridized carbons (Fsp3) is 0.464. The number of carboxylic acid groups (broad SMARTS) is 1. The number of Topliss-reactive ketones (excluding diaryl/α,β-unsaturated/α-hetero) is 1. The van der Waals surface area contributed by atoms with Gasteiger partial charge in [-0.2, -0.15) is 0 Å². The summed E-state index contributed by atoms with van der Waals surface area (Å²) in [6.45, 7) is 7.55. The van der Waals surface area contributed by atoms with Crippen LogP contribution in [0.5, 0.6) is 0 Å². The summed E-state index contributed by atoms with van der Waals surface area (Å²) in [6, 6.07) is 13.6. The molecule has 1 amide bonds. The summed E-state index contributed by atoms with van der Waals surface area (Å²) in [5.74, 6) is -1.49. The van der Waals surface area contributed by atoms with Crippen LogP contribution in [0.4, 0.5) is 0 Å². The highest BCUT2D eigenvalue weighted by Gasteiger charge is 2.53. The molecule has 1 unspecified atom stereocenters. The van der Waals surface area contributed by atoms with Gasteiger partial charge in [0.05, 0.1) is 23.9 Å². The Hall–Kier alpha value is -2.37. The van der Waals surface area contributed by atoms with E-state index in [4.69, 9.17) is 23.2 Å². The number of carbonyl (C=O) groups is 3. The second kappa shape index (κ2) is 11.1. The number of piperidine rings is 1. The van der Waals surface area contributed by atoms with Crippen LogP contribution in [-0.4, -0.2) is 33.7 Å². The van der Waals surface area contributed by atoms with Gasteiger partial charge in [-0.1, -0.05) is 75.2 Å². The fourth-order valence-electron chi connectivity index (χ4n) is 5.34. The van der Waals surface area contributed by atoms with Gasteiger partial charge in [0.15, 0.2) is 5.78 Å². The van der Waals surface area contributed by atoms with E-state index < -0.39 is 23.5 Å². The van der Waals surface area contributed by atoms with Crippen molar-refractivity contribution in [1.29, 1.82) is 0 Å². The first-order valence-corrected chi connectivity index (χ1v) is 12.8. The van der Waals surface area contributed by atoms with E-state index in [2.05, 4.69) is 0 Å². The molecule has 5 nitrogen and oxygen atoms in total.